The quantitative estimate of drug-likeness (QED) is 0.702. The Bertz CT molecular complexity index is 1190. The van der Waals surface area contributed by atoms with Gasteiger partial charge in [-0.3, -0.25) is 4.79 Å². The maximum absolute atomic E-state index is 15.1. The fraction of sp³-hybridized carbons (Fsp3) is 0.480. The summed E-state index contributed by atoms with van der Waals surface area (Å²) in [7, 11) is -3.63. The third-order valence-electron chi connectivity index (χ3n) is 7.54. The number of carbonyl (C=O) groups excluding carboxylic acids is 1. The highest BCUT2D eigenvalue weighted by atomic mass is 32.2. The first-order valence-corrected chi connectivity index (χ1v) is 13.3. The lowest BCUT2D eigenvalue weighted by Crippen LogP contribution is -2.80. The zero-order chi connectivity index (χ0) is 24.2. The molecule has 0 bridgehead atoms. The lowest BCUT2D eigenvalue weighted by molar-refractivity contribution is -0.152. The lowest BCUT2D eigenvalue weighted by Gasteiger charge is -2.62. The minimum absolute atomic E-state index is 0.00166. The fourth-order valence-electron chi connectivity index (χ4n) is 5.41. The van der Waals surface area contributed by atoms with Crippen molar-refractivity contribution in [3.63, 3.8) is 0 Å². The number of rotatable bonds is 5. The zero-order valence-corrected chi connectivity index (χ0v) is 20.2. The van der Waals surface area contributed by atoms with Crippen LogP contribution in [0.2, 0.25) is 0 Å². The molecule has 7 nitrogen and oxygen atoms in total. The molecule has 2 aromatic rings. The second-order valence-corrected chi connectivity index (χ2v) is 11.7. The predicted molar refractivity (Wildman–Crippen MR) is 127 cm³/mol. The van der Waals surface area contributed by atoms with Crippen molar-refractivity contribution in [2.75, 3.05) is 18.0 Å². The van der Waals surface area contributed by atoms with Crippen LogP contribution >= 0.6 is 0 Å². The number of carbonyl (C=O) groups is 1. The topological polar surface area (TPSA) is 81.2 Å². The fourth-order valence-corrected chi connectivity index (χ4v) is 7.59. The van der Waals surface area contributed by atoms with Crippen LogP contribution in [0.15, 0.2) is 48.5 Å². The summed E-state index contributed by atoms with van der Waals surface area (Å²) in [5.74, 6) is -0.700. The number of sulfonamides is 1. The van der Waals surface area contributed by atoms with Gasteiger partial charge in [-0.25, -0.2) is 12.8 Å². The lowest BCUT2D eigenvalue weighted by atomic mass is 9.84. The van der Waals surface area contributed by atoms with E-state index in [1.54, 1.807) is 11.0 Å². The Hall–Kier alpha value is -2.49. The van der Waals surface area contributed by atoms with Crippen molar-refractivity contribution in [1.29, 1.82) is 0 Å². The highest BCUT2D eigenvalue weighted by molar-refractivity contribution is 7.89. The molecule has 0 saturated carbocycles. The number of fused-ring (bicyclic) bond motifs is 1. The first-order valence-electron chi connectivity index (χ1n) is 11.8. The molecule has 182 valence electrons. The molecule has 5 rings (SSSR count). The van der Waals surface area contributed by atoms with Gasteiger partial charge in [0.2, 0.25) is 10.0 Å². The number of aliphatic hydroxyl groups excluding tert-OH is 1. The van der Waals surface area contributed by atoms with Crippen molar-refractivity contribution in [3.8, 4) is 0 Å². The standard InChI is InChI=1S/C25H30FN3O4S/c1-16-8-11-24(18-6-4-3-5-7-18)34(32,33)29(16)13-19-9-10-20(12-21(19)26)27-14-23-22(27)15-28(23)25(31)17(2)30/h3-7,9-10,12,16-17,22-24,30H,8,11,13-15H2,1-2H3/t16-,17-,22-,23?,24?/m0/s1. The number of anilines is 1. The monoisotopic (exact) mass is 487 g/mol. The maximum Gasteiger partial charge on any atom is 0.251 e. The van der Waals surface area contributed by atoms with Crippen molar-refractivity contribution < 1.29 is 22.7 Å². The van der Waals surface area contributed by atoms with E-state index >= 15 is 4.39 Å². The van der Waals surface area contributed by atoms with Crippen LogP contribution in [0.5, 0.6) is 0 Å². The number of benzene rings is 2. The number of hydrogen-bond acceptors (Lipinski definition) is 5. The van der Waals surface area contributed by atoms with E-state index in [0.717, 1.165) is 17.7 Å². The van der Waals surface area contributed by atoms with Gasteiger partial charge in [-0.1, -0.05) is 36.4 Å². The first kappa shape index (κ1) is 23.3. The van der Waals surface area contributed by atoms with Gasteiger partial charge in [-0.05, 0) is 44.4 Å². The highest BCUT2D eigenvalue weighted by Gasteiger charge is 2.54. The van der Waals surface area contributed by atoms with Gasteiger partial charge in [0.1, 0.15) is 17.2 Å². The van der Waals surface area contributed by atoms with Gasteiger partial charge in [-0.15, -0.1) is 0 Å². The molecule has 3 fully saturated rings. The summed E-state index contributed by atoms with van der Waals surface area (Å²) in [4.78, 5) is 15.7. The van der Waals surface area contributed by atoms with Gasteiger partial charge in [0.15, 0.2) is 0 Å². The highest BCUT2D eigenvalue weighted by Crippen LogP contribution is 2.40. The Labute approximate surface area is 199 Å². The molecule has 2 unspecified atom stereocenters. The summed E-state index contributed by atoms with van der Waals surface area (Å²) in [6, 6.07) is 14.1. The molecular weight excluding hydrogens is 457 g/mol. The van der Waals surface area contributed by atoms with Gasteiger partial charge in [0, 0.05) is 36.9 Å². The van der Waals surface area contributed by atoms with E-state index in [9.17, 15) is 18.3 Å². The van der Waals surface area contributed by atoms with Crippen molar-refractivity contribution >= 4 is 21.6 Å². The number of halogens is 1. The van der Waals surface area contributed by atoms with Gasteiger partial charge >= 0.3 is 0 Å². The van der Waals surface area contributed by atoms with Crippen LogP contribution in [-0.4, -0.2) is 66.0 Å². The Morgan fingerprint density at radius 2 is 1.85 bits per heavy atom. The van der Waals surface area contributed by atoms with Gasteiger partial charge < -0.3 is 14.9 Å². The minimum Gasteiger partial charge on any atom is -0.384 e. The van der Waals surface area contributed by atoms with E-state index in [2.05, 4.69) is 4.90 Å². The van der Waals surface area contributed by atoms with E-state index in [-0.39, 0.29) is 30.6 Å². The molecule has 0 spiro atoms. The number of aliphatic hydroxyl groups is 1. The SMILES string of the molecule is C[C@H](O)C(=O)N1C[C@H]2C1CN2c1ccc(CN2[C@@H](C)CCC(c3ccccc3)S2(=O)=O)c(F)c1. The third kappa shape index (κ3) is 3.79. The van der Waals surface area contributed by atoms with Crippen molar-refractivity contribution in [3.05, 3.63) is 65.5 Å². The first-order chi connectivity index (χ1) is 16.2. The van der Waals surface area contributed by atoms with Crippen molar-refractivity contribution in [2.24, 2.45) is 0 Å². The molecule has 3 saturated heterocycles. The number of piperazine rings is 1. The smallest absolute Gasteiger partial charge is 0.251 e. The Kier molecular flexibility index (Phi) is 5.90. The molecule has 1 amide bonds. The molecule has 2 aromatic carbocycles. The van der Waals surface area contributed by atoms with Crippen LogP contribution in [0.4, 0.5) is 10.1 Å². The van der Waals surface area contributed by atoms with E-state index in [1.807, 2.05) is 43.3 Å². The van der Waals surface area contributed by atoms with Crippen LogP contribution in [-0.2, 0) is 21.4 Å². The number of amides is 1. The van der Waals surface area contributed by atoms with Crippen LogP contribution < -0.4 is 4.90 Å². The molecule has 0 aromatic heterocycles. The molecule has 9 heteroatoms. The molecule has 34 heavy (non-hydrogen) atoms. The van der Waals surface area contributed by atoms with Gasteiger partial charge in [0.05, 0.1) is 12.1 Å². The van der Waals surface area contributed by atoms with E-state index in [1.165, 1.54) is 17.3 Å². The number of likely N-dealkylation sites (tertiary alicyclic amines) is 1. The molecule has 0 radical (unpaired) electrons. The largest absolute Gasteiger partial charge is 0.384 e. The third-order valence-corrected chi connectivity index (χ3v) is 9.91. The molecule has 3 heterocycles. The summed E-state index contributed by atoms with van der Waals surface area (Å²) < 4.78 is 43.4. The Morgan fingerprint density at radius 1 is 1.12 bits per heavy atom. The predicted octanol–water partition coefficient (Wildman–Crippen LogP) is 2.66. The van der Waals surface area contributed by atoms with E-state index in [0.29, 0.717) is 25.1 Å². The van der Waals surface area contributed by atoms with Crippen LogP contribution in [0.3, 0.4) is 0 Å². The maximum atomic E-state index is 15.1. The van der Waals surface area contributed by atoms with Crippen LogP contribution in [0.1, 0.15) is 43.1 Å². The van der Waals surface area contributed by atoms with Crippen LogP contribution in [0, 0.1) is 5.82 Å². The van der Waals surface area contributed by atoms with Crippen molar-refractivity contribution in [2.45, 2.75) is 62.7 Å². The number of nitrogens with zero attached hydrogens (tertiary/aromatic N) is 3. The Balaban J connectivity index is 1.30. The minimum atomic E-state index is -3.63. The van der Waals surface area contributed by atoms with E-state index < -0.39 is 27.2 Å². The van der Waals surface area contributed by atoms with Gasteiger partial charge in [-0.2, -0.15) is 4.31 Å². The zero-order valence-electron chi connectivity index (χ0n) is 19.3. The molecule has 1 N–H and O–H groups in total. The normalized spacial score (nSPS) is 29.1. The average Bonchev–Trinajstić information content (AvgIpc) is 2.79. The summed E-state index contributed by atoms with van der Waals surface area (Å²) in [6.07, 6.45) is 0.260. The molecule has 5 atom stereocenters. The molecular formula is C25H30FN3O4S. The van der Waals surface area contributed by atoms with Crippen LogP contribution in [0.25, 0.3) is 0 Å². The summed E-state index contributed by atoms with van der Waals surface area (Å²) in [5.41, 5.74) is 1.85. The molecule has 3 aliphatic rings. The van der Waals surface area contributed by atoms with E-state index in [4.69, 9.17) is 0 Å². The summed E-state index contributed by atoms with van der Waals surface area (Å²) in [6.45, 7) is 4.45. The second-order valence-electron chi connectivity index (χ2n) is 9.65. The van der Waals surface area contributed by atoms with Crippen molar-refractivity contribution in [1.82, 2.24) is 9.21 Å². The summed E-state index contributed by atoms with van der Waals surface area (Å²) >= 11 is 0. The Morgan fingerprint density at radius 3 is 2.47 bits per heavy atom. The molecule has 3 aliphatic heterocycles. The second kappa shape index (κ2) is 8.62. The number of hydrogen-bond donors (Lipinski definition) is 1. The summed E-state index contributed by atoms with van der Waals surface area (Å²) in [5, 5.41) is 8.89. The van der Waals surface area contributed by atoms with Gasteiger partial charge in [0.25, 0.3) is 5.91 Å². The average molecular weight is 488 g/mol. The molecule has 0 aliphatic carbocycles.